The molecule has 0 spiro atoms. The van der Waals surface area contributed by atoms with E-state index >= 15 is 0 Å². The molecule has 2 atom stereocenters. The van der Waals surface area contributed by atoms with Crippen molar-refractivity contribution in [3.05, 3.63) is 0 Å². The SMILES string of the molecule is CCCOCCN1CC(C)(C2CC2)NCC1CC(C)C. The van der Waals surface area contributed by atoms with Gasteiger partial charge in [-0.15, -0.1) is 0 Å². The predicted octanol–water partition coefficient (Wildman–Crippen LogP) is 2.90. The van der Waals surface area contributed by atoms with Crippen LogP contribution in [0.25, 0.3) is 0 Å². The number of ether oxygens (including phenoxy) is 1. The van der Waals surface area contributed by atoms with Crippen LogP contribution >= 0.6 is 0 Å². The fourth-order valence-electron chi connectivity index (χ4n) is 3.55. The highest BCUT2D eigenvalue weighted by molar-refractivity contribution is 5.04. The van der Waals surface area contributed by atoms with Crippen molar-refractivity contribution in [2.24, 2.45) is 11.8 Å². The average Bonchev–Trinajstić information content (AvgIpc) is 3.22. The lowest BCUT2D eigenvalue weighted by atomic mass is 9.89. The minimum Gasteiger partial charge on any atom is -0.380 e. The molecule has 1 aliphatic heterocycles. The van der Waals surface area contributed by atoms with Crippen molar-refractivity contribution in [3.8, 4) is 0 Å². The largest absolute Gasteiger partial charge is 0.380 e. The molecular weight excluding hydrogens is 248 g/mol. The number of nitrogens with zero attached hydrogens (tertiary/aromatic N) is 1. The molecular formula is C17H34N2O. The van der Waals surface area contributed by atoms with Crippen LogP contribution in [0.4, 0.5) is 0 Å². The molecule has 1 aliphatic carbocycles. The van der Waals surface area contributed by atoms with E-state index in [-0.39, 0.29) is 0 Å². The van der Waals surface area contributed by atoms with Crippen molar-refractivity contribution >= 4 is 0 Å². The molecule has 2 unspecified atom stereocenters. The van der Waals surface area contributed by atoms with Gasteiger partial charge in [0.25, 0.3) is 0 Å². The summed E-state index contributed by atoms with van der Waals surface area (Å²) in [5, 5.41) is 3.86. The fourth-order valence-corrected chi connectivity index (χ4v) is 3.55. The molecule has 118 valence electrons. The van der Waals surface area contributed by atoms with E-state index in [9.17, 15) is 0 Å². The Bertz CT molecular complexity index is 291. The summed E-state index contributed by atoms with van der Waals surface area (Å²) in [6, 6.07) is 0.687. The van der Waals surface area contributed by atoms with Crippen LogP contribution in [0.15, 0.2) is 0 Å². The Hall–Kier alpha value is -0.120. The predicted molar refractivity (Wildman–Crippen MR) is 85.1 cm³/mol. The summed E-state index contributed by atoms with van der Waals surface area (Å²) in [5.41, 5.74) is 0.345. The van der Waals surface area contributed by atoms with Crippen molar-refractivity contribution in [2.75, 3.05) is 32.8 Å². The molecule has 2 aliphatic rings. The highest BCUT2D eigenvalue weighted by Crippen LogP contribution is 2.41. The highest BCUT2D eigenvalue weighted by Gasteiger charge is 2.45. The van der Waals surface area contributed by atoms with Crippen molar-refractivity contribution in [1.29, 1.82) is 0 Å². The molecule has 0 radical (unpaired) electrons. The van der Waals surface area contributed by atoms with Crippen LogP contribution < -0.4 is 5.32 Å². The van der Waals surface area contributed by atoms with E-state index in [1.807, 2.05) is 0 Å². The molecule has 1 N–H and O–H groups in total. The van der Waals surface area contributed by atoms with Crippen molar-refractivity contribution in [2.45, 2.75) is 65.0 Å². The third kappa shape index (κ3) is 4.44. The molecule has 1 saturated carbocycles. The lowest BCUT2D eigenvalue weighted by Crippen LogP contribution is -2.64. The molecule has 0 aromatic rings. The maximum absolute atomic E-state index is 5.72. The van der Waals surface area contributed by atoms with Crippen LogP contribution in [-0.2, 0) is 4.74 Å². The van der Waals surface area contributed by atoms with E-state index in [1.54, 1.807) is 0 Å². The molecule has 0 aromatic heterocycles. The van der Waals surface area contributed by atoms with Gasteiger partial charge in [-0.25, -0.2) is 0 Å². The third-order valence-electron chi connectivity index (χ3n) is 4.88. The monoisotopic (exact) mass is 282 g/mol. The smallest absolute Gasteiger partial charge is 0.0593 e. The molecule has 3 heteroatoms. The second-order valence-corrected chi connectivity index (χ2v) is 7.44. The van der Waals surface area contributed by atoms with Crippen molar-refractivity contribution in [3.63, 3.8) is 0 Å². The normalized spacial score (nSPS) is 31.9. The van der Waals surface area contributed by atoms with E-state index in [4.69, 9.17) is 4.74 Å². The first-order valence-electron chi connectivity index (χ1n) is 8.62. The first kappa shape index (κ1) is 16.3. The molecule has 2 rings (SSSR count). The van der Waals surface area contributed by atoms with Crippen LogP contribution in [0, 0.1) is 11.8 Å². The second kappa shape index (κ2) is 7.24. The van der Waals surface area contributed by atoms with Gasteiger partial charge in [0, 0.05) is 37.8 Å². The van der Waals surface area contributed by atoms with Gasteiger partial charge >= 0.3 is 0 Å². The van der Waals surface area contributed by atoms with E-state index in [2.05, 4.69) is 37.9 Å². The summed E-state index contributed by atoms with van der Waals surface area (Å²) in [6.07, 6.45) is 5.25. The number of hydrogen-bond acceptors (Lipinski definition) is 3. The molecule has 0 amide bonds. The molecule has 20 heavy (non-hydrogen) atoms. The van der Waals surface area contributed by atoms with Gasteiger partial charge in [-0.2, -0.15) is 0 Å². The standard InChI is InChI=1S/C17H34N2O/c1-5-9-20-10-8-19-13-17(4,15-6-7-15)18-12-16(19)11-14(2)3/h14-16,18H,5-13H2,1-4H3. The molecule has 0 bridgehead atoms. The van der Waals surface area contributed by atoms with E-state index in [0.717, 1.165) is 44.6 Å². The molecule has 3 nitrogen and oxygen atoms in total. The van der Waals surface area contributed by atoms with E-state index in [1.165, 1.54) is 25.8 Å². The summed E-state index contributed by atoms with van der Waals surface area (Å²) in [4.78, 5) is 2.70. The van der Waals surface area contributed by atoms with E-state index in [0.29, 0.717) is 11.6 Å². The zero-order valence-corrected chi connectivity index (χ0v) is 14.0. The van der Waals surface area contributed by atoms with Gasteiger partial charge in [0.2, 0.25) is 0 Å². The maximum atomic E-state index is 5.72. The second-order valence-electron chi connectivity index (χ2n) is 7.44. The zero-order valence-electron chi connectivity index (χ0n) is 14.0. The van der Waals surface area contributed by atoms with Gasteiger partial charge in [0.15, 0.2) is 0 Å². The third-order valence-corrected chi connectivity index (χ3v) is 4.88. The van der Waals surface area contributed by atoms with Crippen molar-refractivity contribution in [1.82, 2.24) is 10.2 Å². The maximum Gasteiger partial charge on any atom is 0.0593 e. The number of piperazine rings is 1. The fraction of sp³-hybridized carbons (Fsp3) is 1.00. The summed E-state index contributed by atoms with van der Waals surface area (Å²) < 4.78 is 5.72. The molecule has 2 fully saturated rings. The summed E-state index contributed by atoms with van der Waals surface area (Å²) in [6.45, 7) is 14.5. The first-order chi connectivity index (χ1) is 9.55. The van der Waals surface area contributed by atoms with Gasteiger partial charge in [-0.05, 0) is 44.4 Å². The Morgan fingerprint density at radius 2 is 2.05 bits per heavy atom. The minimum atomic E-state index is 0.345. The van der Waals surface area contributed by atoms with Crippen LogP contribution in [0.3, 0.4) is 0 Å². The van der Waals surface area contributed by atoms with Gasteiger partial charge in [-0.3, -0.25) is 4.90 Å². The van der Waals surface area contributed by atoms with Crippen LogP contribution in [0.2, 0.25) is 0 Å². The Balaban J connectivity index is 1.87. The van der Waals surface area contributed by atoms with Gasteiger partial charge in [-0.1, -0.05) is 20.8 Å². The lowest BCUT2D eigenvalue weighted by molar-refractivity contribution is 0.0319. The first-order valence-corrected chi connectivity index (χ1v) is 8.62. The lowest BCUT2D eigenvalue weighted by Gasteiger charge is -2.47. The highest BCUT2D eigenvalue weighted by atomic mass is 16.5. The van der Waals surface area contributed by atoms with Crippen LogP contribution in [0.5, 0.6) is 0 Å². The van der Waals surface area contributed by atoms with Crippen molar-refractivity contribution < 1.29 is 4.74 Å². The van der Waals surface area contributed by atoms with Crippen LogP contribution in [0.1, 0.15) is 53.4 Å². The molecule has 0 aromatic carbocycles. The average molecular weight is 282 g/mol. The summed E-state index contributed by atoms with van der Waals surface area (Å²) in [7, 11) is 0. The Labute approximate surface area is 125 Å². The minimum absolute atomic E-state index is 0.345. The van der Waals surface area contributed by atoms with Gasteiger partial charge in [0.1, 0.15) is 0 Å². The topological polar surface area (TPSA) is 24.5 Å². The Morgan fingerprint density at radius 3 is 2.65 bits per heavy atom. The Morgan fingerprint density at radius 1 is 1.30 bits per heavy atom. The number of hydrogen-bond donors (Lipinski definition) is 1. The Kier molecular flexibility index (Phi) is 5.88. The number of nitrogens with one attached hydrogen (secondary N) is 1. The van der Waals surface area contributed by atoms with Crippen LogP contribution in [-0.4, -0.2) is 49.3 Å². The quantitative estimate of drug-likeness (QED) is 0.693. The molecule has 1 heterocycles. The summed E-state index contributed by atoms with van der Waals surface area (Å²) in [5.74, 6) is 1.67. The zero-order chi connectivity index (χ0) is 14.6. The molecule has 1 saturated heterocycles. The van der Waals surface area contributed by atoms with Gasteiger partial charge in [0.05, 0.1) is 6.61 Å². The number of rotatable bonds is 8. The van der Waals surface area contributed by atoms with Gasteiger partial charge < -0.3 is 10.1 Å². The van der Waals surface area contributed by atoms with E-state index < -0.39 is 0 Å². The summed E-state index contributed by atoms with van der Waals surface area (Å²) >= 11 is 0.